The van der Waals surface area contributed by atoms with Gasteiger partial charge < -0.3 is 0 Å². The Hall–Kier alpha value is -2.58. The fraction of sp³-hybridized carbons (Fsp3) is 0.125. The van der Waals surface area contributed by atoms with Crippen LogP contribution in [0.25, 0.3) is 0 Å². The first-order chi connectivity index (χ1) is 8.83. The number of benzene rings is 2. The molecule has 0 radical (unpaired) electrons. The molecule has 0 fully saturated rings. The number of hydrogen-bond acceptors (Lipinski definition) is 2. The summed E-state index contributed by atoms with van der Waals surface area (Å²) < 4.78 is 0. The zero-order valence-electron chi connectivity index (χ0n) is 9.88. The Balaban J connectivity index is 2.17. The molecule has 2 rings (SSSR count). The monoisotopic (exact) mass is 232 g/mol. The van der Waals surface area contributed by atoms with Crippen molar-refractivity contribution in [2.24, 2.45) is 0 Å². The van der Waals surface area contributed by atoms with Gasteiger partial charge in [0.25, 0.3) is 0 Å². The van der Waals surface area contributed by atoms with Gasteiger partial charge in [0, 0.05) is 0 Å². The quantitative estimate of drug-likeness (QED) is 0.814. The van der Waals surface area contributed by atoms with Crippen LogP contribution in [-0.2, 0) is 6.42 Å². The minimum absolute atomic E-state index is 0.140. The Morgan fingerprint density at radius 2 is 1.56 bits per heavy atom. The van der Waals surface area contributed by atoms with Crippen LogP contribution in [0, 0.1) is 22.7 Å². The number of nitriles is 2. The highest BCUT2D eigenvalue weighted by molar-refractivity contribution is 5.34. The number of nitrogens with zero attached hydrogens (tertiary/aromatic N) is 2. The van der Waals surface area contributed by atoms with Gasteiger partial charge in [0.1, 0.15) is 0 Å². The van der Waals surface area contributed by atoms with Crippen LogP contribution in [0.1, 0.15) is 22.6 Å². The zero-order chi connectivity index (χ0) is 12.8. The Morgan fingerprint density at radius 3 is 2.11 bits per heavy atom. The molecule has 0 aromatic heterocycles. The first-order valence-electron chi connectivity index (χ1n) is 5.77. The summed E-state index contributed by atoms with van der Waals surface area (Å²) in [6.07, 6.45) is 0.673. The van der Waals surface area contributed by atoms with Gasteiger partial charge in [-0.05, 0) is 29.7 Å². The molecule has 0 unspecified atom stereocenters. The van der Waals surface area contributed by atoms with Gasteiger partial charge >= 0.3 is 0 Å². The lowest BCUT2D eigenvalue weighted by Gasteiger charge is -2.09. The molecule has 0 aliphatic heterocycles. The molecule has 2 heteroatoms. The largest absolute Gasteiger partial charge is 0.198 e. The smallest absolute Gasteiger partial charge is 0.0991 e. The highest BCUT2D eigenvalue weighted by Crippen LogP contribution is 2.20. The van der Waals surface area contributed by atoms with E-state index in [2.05, 4.69) is 12.1 Å². The highest BCUT2D eigenvalue weighted by Gasteiger charge is 2.10. The van der Waals surface area contributed by atoms with Crippen molar-refractivity contribution in [3.8, 4) is 12.1 Å². The van der Waals surface area contributed by atoms with Crippen LogP contribution in [0.4, 0.5) is 0 Å². The second-order valence-electron chi connectivity index (χ2n) is 4.11. The summed E-state index contributed by atoms with van der Waals surface area (Å²) in [5, 5.41) is 18.0. The molecule has 0 saturated heterocycles. The van der Waals surface area contributed by atoms with Gasteiger partial charge in [-0.15, -0.1) is 0 Å². The zero-order valence-corrected chi connectivity index (χ0v) is 9.88. The minimum atomic E-state index is -0.140. The van der Waals surface area contributed by atoms with Crippen molar-refractivity contribution in [2.75, 3.05) is 0 Å². The summed E-state index contributed by atoms with van der Waals surface area (Å²) in [6.45, 7) is 0. The van der Waals surface area contributed by atoms with E-state index in [0.29, 0.717) is 12.0 Å². The molecular weight excluding hydrogens is 220 g/mol. The molecule has 0 N–H and O–H groups in total. The number of rotatable bonds is 3. The van der Waals surface area contributed by atoms with Crippen LogP contribution in [0.5, 0.6) is 0 Å². The maximum absolute atomic E-state index is 9.24. The summed E-state index contributed by atoms with van der Waals surface area (Å²) in [5.74, 6) is -0.140. The molecule has 2 nitrogen and oxygen atoms in total. The average Bonchev–Trinajstić information content (AvgIpc) is 2.46. The first-order valence-corrected chi connectivity index (χ1v) is 5.77. The molecule has 0 heterocycles. The van der Waals surface area contributed by atoms with Crippen molar-refractivity contribution < 1.29 is 0 Å². The van der Waals surface area contributed by atoms with Gasteiger partial charge in [0.2, 0.25) is 0 Å². The summed E-state index contributed by atoms with van der Waals surface area (Å²) >= 11 is 0. The van der Waals surface area contributed by atoms with E-state index in [1.54, 1.807) is 12.1 Å². The third-order valence-electron chi connectivity index (χ3n) is 2.88. The molecule has 86 valence electrons. The second-order valence-corrected chi connectivity index (χ2v) is 4.11. The molecule has 1 atom stereocenters. The van der Waals surface area contributed by atoms with E-state index in [0.717, 1.165) is 11.1 Å². The third kappa shape index (κ3) is 2.75. The highest BCUT2D eigenvalue weighted by atomic mass is 14.3. The van der Waals surface area contributed by atoms with E-state index in [1.165, 1.54) is 0 Å². The average molecular weight is 232 g/mol. The molecule has 0 aliphatic rings. The maximum atomic E-state index is 9.24. The fourth-order valence-electron chi connectivity index (χ4n) is 1.87. The van der Waals surface area contributed by atoms with E-state index in [1.807, 2.05) is 42.5 Å². The topological polar surface area (TPSA) is 47.6 Å². The fourth-order valence-corrected chi connectivity index (χ4v) is 1.87. The second kappa shape index (κ2) is 5.66. The van der Waals surface area contributed by atoms with E-state index in [4.69, 9.17) is 5.26 Å². The van der Waals surface area contributed by atoms with Crippen molar-refractivity contribution in [3.05, 3.63) is 71.3 Å². The van der Waals surface area contributed by atoms with Crippen molar-refractivity contribution in [1.82, 2.24) is 0 Å². The SMILES string of the molecule is N#Cc1ccc(C[C@H](C#N)c2ccccc2)cc1. The van der Waals surface area contributed by atoms with Crippen molar-refractivity contribution in [3.63, 3.8) is 0 Å². The van der Waals surface area contributed by atoms with Gasteiger partial charge in [-0.2, -0.15) is 10.5 Å². The minimum Gasteiger partial charge on any atom is -0.198 e. The van der Waals surface area contributed by atoms with Crippen molar-refractivity contribution >= 4 is 0 Å². The van der Waals surface area contributed by atoms with Crippen LogP contribution in [0.3, 0.4) is 0 Å². The molecule has 18 heavy (non-hydrogen) atoms. The van der Waals surface area contributed by atoms with Gasteiger partial charge in [-0.1, -0.05) is 42.5 Å². The molecule has 0 amide bonds. The van der Waals surface area contributed by atoms with E-state index in [9.17, 15) is 5.26 Å². The molecule has 0 bridgehead atoms. The maximum Gasteiger partial charge on any atom is 0.0991 e. The van der Waals surface area contributed by atoms with E-state index < -0.39 is 0 Å². The normalized spacial score (nSPS) is 11.2. The summed E-state index contributed by atoms with van der Waals surface area (Å²) in [4.78, 5) is 0. The Labute approximate surface area is 107 Å². The molecule has 0 saturated carbocycles. The first kappa shape index (κ1) is 11.9. The molecule has 2 aromatic rings. The molecule has 2 aromatic carbocycles. The van der Waals surface area contributed by atoms with Crippen LogP contribution >= 0.6 is 0 Å². The predicted octanol–water partition coefficient (Wildman–Crippen LogP) is 3.41. The van der Waals surface area contributed by atoms with Crippen LogP contribution in [-0.4, -0.2) is 0 Å². The molecular formula is C16H12N2. The van der Waals surface area contributed by atoms with Gasteiger partial charge in [0.05, 0.1) is 23.6 Å². The predicted molar refractivity (Wildman–Crippen MR) is 69.7 cm³/mol. The van der Waals surface area contributed by atoms with E-state index >= 15 is 0 Å². The Bertz CT molecular complexity index is 586. The van der Waals surface area contributed by atoms with Crippen molar-refractivity contribution in [1.29, 1.82) is 10.5 Å². The lowest BCUT2D eigenvalue weighted by atomic mass is 9.93. The van der Waals surface area contributed by atoms with Gasteiger partial charge in [-0.3, -0.25) is 0 Å². The third-order valence-corrected chi connectivity index (χ3v) is 2.88. The molecule has 0 spiro atoms. The van der Waals surface area contributed by atoms with Crippen LogP contribution in [0.2, 0.25) is 0 Å². The lowest BCUT2D eigenvalue weighted by molar-refractivity contribution is 0.849. The van der Waals surface area contributed by atoms with Crippen LogP contribution < -0.4 is 0 Å². The van der Waals surface area contributed by atoms with Gasteiger partial charge in [0.15, 0.2) is 0 Å². The van der Waals surface area contributed by atoms with E-state index in [-0.39, 0.29) is 5.92 Å². The van der Waals surface area contributed by atoms with Gasteiger partial charge in [-0.25, -0.2) is 0 Å². The number of hydrogen-bond donors (Lipinski definition) is 0. The van der Waals surface area contributed by atoms with Crippen LogP contribution in [0.15, 0.2) is 54.6 Å². The van der Waals surface area contributed by atoms with Crippen molar-refractivity contribution in [2.45, 2.75) is 12.3 Å². The standard InChI is InChI=1S/C16H12N2/c17-11-14-8-6-13(7-9-14)10-16(12-18)15-4-2-1-3-5-15/h1-9,16H,10H2/t16-/m1/s1. The Morgan fingerprint density at radius 1 is 0.889 bits per heavy atom. The summed E-state index contributed by atoms with van der Waals surface area (Å²) in [7, 11) is 0. The molecule has 0 aliphatic carbocycles. The Kier molecular flexibility index (Phi) is 3.74. The lowest BCUT2D eigenvalue weighted by Crippen LogP contribution is -2.00. The summed E-state index contributed by atoms with van der Waals surface area (Å²) in [6, 6.07) is 21.6. The summed E-state index contributed by atoms with van der Waals surface area (Å²) in [5.41, 5.74) is 2.75.